The van der Waals surface area contributed by atoms with E-state index in [1.807, 2.05) is 36.4 Å². The molecule has 1 N–H and O–H groups in total. The number of nitrogens with one attached hydrogen (secondary N) is 1. The Kier molecular flexibility index (Phi) is 7.23. The average Bonchev–Trinajstić information content (AvgIpc) is 3.34. The smallest absolute Gasteiger partial charge is 0.326 e. The number of quaternary nitrogens is 1. The number of alkyl halides is 3. The van der Waals surface area contributed by atoms with Crippen LogP contribution in [0.2, 0.25) is 5.02 Å². The quantitative estimate of drug-likeness (QED) is 0.313. The highest BCUT2D eigenvalue weighted by molar-refractivity contribution is 6.36. The summed E-state index contributed by atoms with van der Waals surface area (Å²) in [5.41, 5.74) is 1.45. The highest BCUT2D eigenvalue weighted by Gasteiger charge is 2.38. The second kappa shape index (κ2) is 11.0. The van der Waals surface area contributed by atoms with Crippen molar-refractivity contribution >= 4 is 23.2 Å². The third-order valence-electron chi connectivity index (χ3n) is 7.46. The Morgan fingerprint density at radius 3 is 1.93 bits per heavy atom. The number of carbonyl (C=O) groups excluding carboxylic acids is 1. The van der Waals surface area contributed by atoms with Gasteiger partial charge in [-0.15, -0.1) is 0 Å². The van der Waals surface area contributed by atoms with E-state index in [0.29, 0.717) is 36.3 Å². The Morgan fingerprint density at radius 1 is 0.854 bits per heavy atom. The molecule has 3 heterocycles. The third-order valence-corrected chi connectivity index (χ3v) is 7.81. The summed E-state index contributed by atoms with van der Waals surface area (Å²) in [5, 5.41) is 3.85. The van der Waals surface area contributed by atoms with Gasteiger partial charge in [-0.05, 0) is 6.07 Å². The number of aromatic nitrogens is 3. The molecule has 0 aliphatic carbocycles. The third kappa shape index (κ3) is 5.30. The van der Waals surface area contributed by atoms with E-state index in [1.54, 1.807) is 35.2 Å². The fourth-order valence-electron chi connectivity index (χ4n) is 5.48. The highest BCUT2D eigenvalue weighted by atomic mass is 35.5. The summed E-state index contributed by atoms with van der Waals surface area (Å²) in [4.78, 5) is 20.8. The van der Waals surface area contributed by atoms with E-state index in [1.165, 1.54) is 16.0 Å². The van der Waals surface area contributed by atoms with E-state index in [9.17, 15) is 18.0 Å². The number of benzene rings is 3. The zero-order valence-corrected chi connectivity index (χ0v) is 22.6. The lowest BCUT2D eigenvalue weighted by Crippen LogP contribution is -3.15. The molecular weight excluding hydrogens is 551 g/mol. The van der Waals surface area contributed by atoms with Crippen LogP contribution in [-0.4, -0.2) is 51.6 Å². The van der Waals surface area contributed by atoms with Crippen molar-refractivity contribution in [3.8, 4) is 11.3 Å². The van der Waals surface area contributed by atoms with Gasteiger partial charge in [0.25, 0.3) is 5.91 Å². The van der Waals surface area contributed by atoms with Crippen molar-refractivity contribution in [2.75, 3.05) is 26.2 Å². The van der Waals surface area contributed by atoms with Gasteiger partial charge < -0.3 is 9.80 Å². The molecule has 0 spiro atoms. The Labute approximate surface area is 239 Å². The van der Waals surface area contributed by atoms with E-state index >= 15 is 0 Å². The molecule has 1 aliphatic heterocycles. The number of hydrogen-bond acceptors (Lipinski definition) is 3. The summed E-state index contributed by atoms with van der Waals surface area (Å²) in [6.07, 6.45) is -4.74. The van der Waals surface area contributed by atoms with Crippen LogP contribution in [0.5, 0.6) is 0 Å². The highest BCUT2D eigenvalue weighted by Crippen LogP contribution is 2.35. The molecule has 5 aromatic rings. The van der Waals surface area contributed by atoms with Crippen molar-refractivity contribution in [3.05, 3.63) is 125 Å². The Hall–Kier alpha value is -4.21. The van der Waals surface area contributed by atoms with Gasteiger partial charge in [-0.25, -0.2) is 9.50 Å². The van der Waals surface area contributed by atoms with Gasteiger partial charge in [0.05, 0.1) is 31.9 Å². The first-order chi connectivity index (χ1) is 19.8. The van der Waals surface area contributed by atoms with Crippen molar-refractivity contribution in [3.63, 3.8) is 0 Å². The lowest BCUT2D eigenvalue weighted by atomic mass is 9.96. The topological polar surface area (TPSA) is 54.9 Å². The van der Waals surface area contributed by atoms with Gasteiger partial charge in [0.2, 0.25) is 0 Å². The van der Waals surface area contributed by atoms with E-state index in [4.69, 9.17) is 11.6 Å². The van der Waals surface area contributed by atoms with Crippen molar-refractivity contribution in [2.24, 2.45) is 0 Å². The lowest BCUT2D eigenvalue weighted by Gasteiger charge is -2.36. The van der Waals surface area contributed by atoms with Crippen molar-refractivity contribution in [1.82, 2.24) is 19.5 Å². The minimum atomic E-state index is -4.74. The van der Waals surface area contributed by atoms with Gasteiger partial charge in [-0.3, -0.25) is 4.79 Å². The molecule has 6 rings (SSSR count). The number of amides is 1. The fourth-order valence-corrected chi connectivity index (χ4v) is 5.72. The van der Waals surface area contributed by atoms with Gasteiger partial charge in [0.1, 0.15) is 11.1 Å². The maximum absolute atomic E-state index is 14.1. The summed E-state index contributed by atoms with van der Waals surface area (Å²) >= 11 is 6.53. The molecule has 0 radical (unpaired) electrons. The SMILES string of the molecule is O=C(c1nn2c(C(F)(F)F)cc(-c3ccccc3)nc2c1Cl)N1CC[NH+](C(c2ccccc2)c2ccccc2)CC1. The summed E-state index contributed by atoms with van der Waals surface area (Å²) < 4.78 is 42.9. The van der Waals surface area contributed by atoms with Gasteiger partial charge >= 0.3 is 6.18 Å². The van der Waals surface area contributed by atoms with E-state index in [-0.39, 0.29) is 28.1 Å². The number of carbonyl (C=O) groups is 1. The van der Waals surface area contributed by atoms with Crippen molar-refractivity contribution < 1.29 is 22.9 Å². The number of fused-ring (bicyclic) bond motifs is 1. The maximum Gasteiger partial charge on any atom is 0.433 e. The first kappa shape index (κ1) is 27.0. The van der Waals surface area contributed by atoms with Gasteiger partial charge in [0, 0.05) is 16.7 Å². The van der Waals surface area contributed by atoms with Crippen molar-refractivity contribution in [1.29, 1.82) is 0 Å². The maximum atomic E-state index is 14.1. The summed E-state index contributed by atoms with van der Waals surface area (Å²) in [6.45, 7) is 2.11. The molecule has 0 saturated carbocycles. The number of nitrogens with zero attached hydrogens (tertiary/aromatic N) is 4. The number of piperazine rings is 1. The Bertz CT molecular complexity index is 1630. The standard InChI is InChI=1S/C31H25ClF3N5O/c32-26-27(37-40-25(31(33,34)35)20-24(36-29(26)40)21-10-4-1-5-11-21)30(41)39-18-16-38(17-19-39)28(22-12-6-2-7-13-22)23-14-8-3-9-15-23/h1-15,20,28H,16-19H2/p+1. The molecule has 1 fully saturated rings. The number of hydrogen-bond donors (Lipinski definition) is 1. The normalized spacial score (nSPS) is 14.6. The van der Waals surface area contributed by atoms with E-state index < -0.39 is 17.8 Å². The van der Waals surface area contributed by atoms with Crippen LogP contribution >= 0.6 is 11.6 Å². The minimum absolute atomic E-state index is 0.0865. The summed E-state index contributed by atoms with van der Waals surface area (Å²) in [6, 6.07) is 30.0. The monoisotopic (exact) mass is 576 g/mol. The first-order valence-electron chi connectivity index (χ1n) is 13.3. The van der Waals surface area contributed by atoms with Crippen molar-refractivity contribution in [2.45, 2.75) is 12.2 Å². The molecule has 0 bridgehead atoms. The van der Waals surface area contributed by atoms with Crippen LogP contribution in [0.3, 0.4) is 0 Å². The van der Waals surface area contributed by atoms with Crippen LogP contribution in [0.25, 0.3) is 16.9 Å². The average molecular weight is 577 g/mol. The second-order valence-electron chi connectivity index (χ2n) is 9.99. The molecule has 0 atom stereocenters. The molecule has 10 heteroatoms. The Morgan fingerprint density at radius 2 is 1.39 bits per heavy atom. The molecule has 1 aliphatic rings. The molecular formula is C31H26ClF3N5O+. The van der Waals surface area contributed by atoms with E-state index in [2.05, 4.69) is 34.3 Å². The van der Waals surface area contributed by atoms with Crippen LogP contribution in [0.1, 0.15) is 33.4 Å². The molecule has 6 nitrogen and oxygen atoms in total. The molecule has 0 unspecified atom stereocenters. The summed E-state index contributed by atoms with van der Waals surface area (Å²) in [5.74, 6) is -0.509. The zero-order valence-electron chi connectivity index (χ0n) is 21.9. The lowest BCUT2D eigenvalue weighted by molar-refractivity contribution is -0.929. The molecule has 41 heavy (non-hydrogen) atoms. The van der Waals surface area contributed by atoms with Crippen LogP contribution < -0.4 is 4.90 Å². The predicted molar refractivity (Wildman–Crippen MR) is 150 cm³/mol. The molecule has 208 valence electrons. The molecule has 1 amide bonds. The largest absolute Gasteiger partial charge is 0.433 e. The molecule has 2 aromatic heterocycles. The molecule has 3 aromatic carbocycles. The van der Waals surface area contributed by atoms with E-state index in [0.717, 1.165) is 6.07 Å². The predicted octanol–water partition coefficient (Wildman–Crippen LogP) is 5.20. The van der Waals surface area contributed by atoms with Gasteiger partial charge in [-0.1, -0.05) is 103 Å². The minimum Gasteiger partial charge on any atom is -0.326 e. The first-order valence-corrected chi connectivity index (χ1v) is 13.6. The summed E-state index contributed by atoms with van der Waals surface area (Å²) in [7, 11) is 0. The second-order valence-corrected chi connectivity index (χ2v) is 10.4. The Balaban J connectivity index is 1.29. The van der Waals surface area contributed by atoms with Crippen LogP contribution in [0.4, 0.5) is 13.2 Å². The number of halogens is 4. The van der Waals surface area contributed by atoms with Crippen LogP contribution in [-0.2, 0) is 6.18 Å². The van der Waals surface area contributed by atoms with Crippen LogP contribution in [0.15, 0.2) is 97.1 Å². The van der Waals surface area contributed by atoms with Gasteiger partial charge in [-0.2, -0.15) is 18.3 Å². The van der Waals surface area contributed by atoms with Crippen LogP contribution in [0, 0.1) is 0 Å². The molecule has 1 saturated heterocycles. The fraction of sp³-hybridized carbons (Fsp3) is 0.194. The van der Waals surface area contributed by atoms with Gasteiger partial charge in [0.15, 0.2) is 17.0 Å². The zero-order chi connectivity index (χ0) is 28.6. The number of rotatable bonds is 5.